The van der Waals surface area contributed by atoms with Gasteiger partial charge in [0.15, 0.2) is 0 Å². The van der Waals surface area contributed by atoms with Crippen LogP contribution >= 0.6 is 11.3 Å². The third-order valence-corrected chi connectivity index (χ3v) is 3.71. The van der Waals surface area contributed by atoms with Crippen LogP contribution in [0.5, 0.6) is 5.75 Å². The van der Waals surface area contributed by atoms with Gasteiger partial charge in [-0.05, 0) is 37.6 Å². The Bertz CT molecular complexity index is 566. The zero-order chi connectivity index (χ0) is 14.4. The van der Waals surface area contributed by atoms with Crippen molar-refractivity contribution in [2.45, 2.75) is 19.8 Å². The van der Waals surface area contributed by atoms with E-state index in [9.17, 15) is 4.79 Å². The minimum atomic E-state index is -0.178. The molecule has 0 unspecified atom stereocenters. The van der Waals surface area contributed by atoms with E-state index in [0.29, 0.717) is 19.4 Å². The lowest BCUT2D eigenvalue weighted by Crippen LogP contribution is -2.29. The number of nitrogens with two attached hydrogens (primary N) is 1. The van der Waals surface area contributed by atoms with Gasteiger partial charge in [-0.25, -0.2) is 10.8 Å². The summed E-state index contributed by atoms with van der Waals surface area (Å²) in [5.41, 5.74) is 4.20. The summed E-state index contributed by atoms with van der Waals surface area (Å²) >= 11 is 1.63. The van der Waals surface area contributed by atoms with Crippen LogP contribution in [-0.2, 0) is 4.79 Å². The summed E-state index contributed by atoms with van der Waals surface area (Å²) in [4.78, 5) is 15.4. The molecule has 0 aliphatic carbocycles. The summed E-state index contributed by atoms with van der Waals surface area (Å²) in [6.45, 7) is 2.47. The van der Waals surface area contributed by atoms with Gasteiger partial charge >= 0.3 is 0 Å². The van der Waals surface area contributed by atoms with Crippen LogP contribution in [0.1, 0.15) is 18.5 Å². The third kappa shape index (κ3) is 4.04. The Morgan fingerprint density at radius 3 is 2.75 bits per heavy atom. The lowest BCUT2D eigenvalue weighted by atomic mass is 10.2. The van der Waals surface area contributed by atoms with E-state index in [4.69, 9.17) is 10.6 Å². The zero-order valence-corrected chi connectivity index (χ0v) is 12.1. The Kier molecular flexibility index (Phi) is 5.09. The van der Waals surface area contributed by atoms with Crippen molar-refractivity contribution in [3.63, 3.8) is 0 Å². The second-order valence-electron chi connectivity index (χ2n) is 4.34. The van der Waals surface area contributed by atoms with Crippen LogP contribution in [0.4, 0.5) is 0 Å². The SMILES string of the molecule is Cc1csc(-c2ccc(OCCCC(=O)NN)cc2)n1. The topological polar surface area (TPSA) is 77.2 Å². The number of ether oxygens (including phenoxy) is 1. The fraction of sp³-hybridized carbons (Fsp3) is 0.286. The molecule has 0 aliphatic heterocycles. The number of hydrogen-bond acceptors (Lipinski definition) is 5. The van der Waals surface area contributed by atoms with Crippen LogP contribution in [0.15, 0.2) is 29.6 Å². The number of aryl methyl sites for hydroxylation is 1. The van der Waals surface area contributed by atoms with Crippen molar-refractivity contribution in [3.8, 4) is 16.3 Å². The number of carbonyl (C=O) groups excluding carboxylic acids is 1. The van der Waals surface area contributed by atoms with Gasteiger partial charge in [-0.3, -0.25) is 10.2 Å². The molecule has 0 saturated carbocycles. The molecule has 0 bridgehead atoms. The lowest BCUT2D eigenvalue weighted by molar-refractivity contribution is -0.121. The number of rotatable bonds is 6. The molecule has 1 aromatic carbocycles. The fourth-order valence-corrected chi connectivity index (χ4v) is 2.48. The minimum absolute atomic E-state index is 0.178. The van der Waals surface area contributed by atoms with Gasteiger partial charge in [0, 0.05) is 23.1 Å². The second-order valence-corrected chi connectivity index (χ2v) is 5.20. The van der Waals surface area contributed by atoms with E-state index in [1.165, 1.54) is 0 Å². The molecule has 1 heterocycles. The fourth-order valence-electron chi connectivity index (χ4n) is 1.68. The average Bonchev–Trinajstić information content (AvgIpc) is 2.90. The Hall–Kier alpha value is -1.92. The zero-order valence-electron chi connectivity index (χ0n) is 11.3. The number of carbonyl (C=O) groups is 1. The van der Waals surface area contributed by atoms with Gasteiger partial charge in [0.1, 0.15) is 10.8 Å². The van der Waals surface area contributed by atoms with Gasteiger partial charge in [0.2, 0.25) is 5.91 Å². The molecule has 0 saturated heterocycles. The molecule has 2 rings (SSSR count). The lowest BCUT2D eigenvalue weighted by Gasteiger charge is -2.06. The van der Waals surface area contributed by atoms with E-state index in [2.05, 4.69) is 10.4 Å². The molecule has 0 atom stereocenters. The van der Waals surface area contributed by atoms with Crippen LogP contribution in [0.3, 0.4) is 0 Å². The van der Waals surface area contributed by atoms with Gasteiger partial charge in [-0.2, -0.15) is 0 Å². The van der Waals surface area contributed by atoms with Crippen molar-refractivity contribution in [3.05, 3.63) is 35.3 Å². The number of hydrazine groups is 1. The molecule has 0 aliphatic rings. The minimum Gasteiger partial charge on any atom is -0.494 e. The standard InChI is InChI=1S/C14H17N3O2S/c1-10-9-20-14(16-10)11-4-6-12(7-5-11)19-8-2-3-13(18)17-15/h4-7,9H,2-3,8,15H2,1H3,(H,17,18). The molecule has 0 radical (unpaired) electrons. The molecule has 20 heavy (non-hydrogen) atoms. The number of nitrogens with one attached hydrogen (secondary N) is 1. The van der Waals surface area contributed by atoms with Crippen molar-refractivity contribution >= 4 is 17.2 Å². The molecule has 2 aromatic rings. The first-order valence-electron chi connectivity index (χ1n) is 6.34. The first-order valence-corrected chi connectivity index (χ1v) is 7.22. The first-order chi connectivity index (χ1) is 9.69. The normalized spacial score (nSPS) is 10.3. The molecule has 6 heteroatoms. The Morgan fingerprint density at radius 1 is 1.40 bits per heavy atom. The predicted octanol–water partition coefficient (Wildman–Crippen LogP) is 2.27. The van der Waals surface area contributed by atoms with Crippen molar-refractivity contribution in [1.82, 2.24) is 10.4 Å². The highest BCUT2D eigenvalue weighted by Crippen LogP contribution is 2.25. The number of thiazole rings is 1. The highest BCUT2D eigenvalue weighted by atomic mass is 32.1. The Morgan fingerprint density at radius 2 is 2.15 bits per heavy atom. The summed E-state index contributed by atoms with van der Waals surface area (Å²) in [5.74, 6) is 5.60. The number of aromatic nitrogens is 1. The van der Waals surface area contributed by atoms with Gasteiger partial charge < -0.3 is 4.74 Å². The van der Waals surface area contributed by atoms with Crippen LogP contribution in [0.2, 0.25) is 0 Å². The maximum atomic E-state index is 10.9. The molecule has 0 fully saturated rings. The third-order valence-electron chi connectivity index (χ3n) is 2.70. The Labute approximate surface area is 121 Å². The molecule has 0 spiro atoms. The van der Waals surface area contributed by atoms with Gasteiger partial charge in [-0.1, -0.05) is 0 Å². The number of nitrogens with zero attached hydrogens (tertiary/aromatic N) is 1. The van der Waals surface area contributed by atoms with E-state index in [-0.39, 0.29) is 5.91 Å². The van der Waals surface area contributed by atoms with E-state index in [0.717, 1.165) is 22.0 Å². The molecule has 106 valence electrons. The summed E-state index contributed by atoms with van der Waals surface area (Å²) in [7, 11) is 0. The molecular weight excluding hydrogens is 274 g/mol. The number of amides is 1. The van der Waals surface area contributed by atoms with Gasteiger partial charge in [-0.15, -0.1) is 11.3 Å². The first kappa shape index (κ1) is 14.5. The van der Waals surface area contributed by atoms with E-state index in [1.807, 2.05) is 36.6 Å². The van der Waals surface area contributed by atoms with Gasteiger partial charge in [0.25, 0.3) is 0 Å². The number of benzene rings is 1. The summed E-state index contributed by atoms with van der Waals surface area (Å²) in [6, 6.07) is 7.80. The van der Waals surface area contributed by atoms with Crippen molar-refractivity contribution < 1.29 is 9.53 Å². The second kappa shape index (κ2) is 7.02. The van der Waals surface area contributed by atoms with Crippen LogP contribution in [-0.4, -0.2) is 17.5 Å². The summed E-state index contributed by atoms with van der Waals surface area (Å²) in [6.07, 6.45) is 1.00. The van der Waals surface area contributed by atoms with Crippen LogP contribution in [0, 0.1) is 6.92 Å². The summed E-state index contributed by atoms with van der Waals surface area (Å²) < 4.78 is 5.56. The maximum absolute atomic E-state index is 10.9. The van der Waals surface area contributed by atoms with Gasteiger partial charge in [0.05, 0.1) is 6.61 Å². The monoisotopic (exact) mass is 291 g/mol. The smallest absolute Gasteiger partial charge is 0.234 e. The predicted molar refractivity (Wildman–Crippen MR) is 79.3 cm³/mol. The van der Waals surface area contributed by atoms with Crippen molar-refractivity contribution in [1.29, 1.82) is 0 Å². The van der Waals surface area contributed by atoms with E-state index in [1.54, 1.807) is 11.3 Å². The molecular formula is C14H17N3O2S. The summed E-state index contributed by atoms with van der Waals surface area (Å²) in [5, 5.41) is 3.04. The maximum Gasteiger partial charge on any atom is 0.234 e. The van der Waals surface area contributed by atoms with Crippen LogP contribution < -0.4 is 16.0 Å². The van der Waals surface area contributed by atoms with E-state index >= 15 is 0 Å². The molecule has 5 nitrogen and oxygen atoms in total. The van der Waals surface area contributed by atoms with Crippen molar-refractivity contribution in [2.24, 2.45) is 5.84 Å². The molecule has 3 N–H and O–H groups in total. The van der Waals surface area contributed by atoms with E-state index < -0.39 is 0 Å². The average molecular weight is 291 g/mol. The molecule has 1 amide bonds. The molecule has 1 aromatic heterocycles. The van der Waals surface area contributed by atoms with Crippen LogP contribution in [0.25, 0.3) is 10.6 Å². The number of hydrogen-bond donors (Lipinski definition) is 2. The van der Waals surface area contributed by atoms with Crippen molar-refractivity contribution in [2.75, 3.05) is 6.61 Å². The highest BCUT2D eigenvalue weighted by molar-refractivity contribution is 7.13. The Balaban J connectivity index is 1.84. The quantitative estimate of drug-likeness (QED) is 0.370. The largest absolute Gasteiger partial charge is 0.494 e. The highest BCUT2D eigenvalue weighted by Gasteiger charge is 2.03.